The van der Waals surface area contributed by atoms with E-state index >= 15 is 0 Å². The van der Waals surface area contributed by atoms with Crippen LogP contribution >= 0.6 is 11.3 Å². The molecule has 0 saturated carbocycles. The molecule has 0 saturated heterocycles. The van der Waals surface area contributed by atoms with Crippen molar-refractivity contribution in [3.63, 3.8) is 0 Å². The van der Waals surface area contributed by atoms with Gasteiger partial charge in [0.2, 0.25) is 0 Å². The molecule has 2 aromatic heterocycles. The van der Waals surface area contributed by atoms with Crippen LogP contribution in [0.25, 0.3) is 10.7 Å². The summed E-state index contributed by atoms with van der Waals surface area (Å²) in [5, 5.41) is 1.00. The van der Waals surface area contributed by atoms with Crippen LogP contribution in [-0.4, -0.2) is 9.97 Å². The van der Waals surface area contributed by atoms with E-state index in [0.29, 0.717) is 0 Å². The van der Waals surface area contributed by atoms with Crippen molar-refractivity contribution in [3.8, 4) is 10.7 Å². The normalized spacial score (nSPS) is 10.4. The lowest BCUT2D eigenvalue weighted by molar-refractivity contribution is 1.10. The molecule has 0 aromatic carbocycles. The molecular formula is C11H12N2S. The highest BCUT2D eigenvalue weighted by Crippen LogP contribution is 2.22. The second-order valence-corrected chi connectivity index (χ2v) is 4.42. The minimum Gasteiger partial charge on any atom is -0.253 e. The molecule has 2 heterocycles. The molecule has 0 atom stereocenters. The predicted molar refractivity (Wildman–Crippen MR) is 59.5 cm³/mol. The highest BCUT2D eigenvalue weighted by molar-refractivity contribution is 7.14. The number of hydrogen-bond acceptors (Lipinski definition) is 3. The fourth-order valence-electron chi connectivity index (χ4n) is 1.23. The van der Waals surface area contributed by atoms with Crippen LogP contribution in [0, 0.1) is 6.92 Å². The van der Waals surface area contributed by atoms with Crippen molar-refractivity contribution < 1.29 is 0 Å². The highest BCUT2D eigenvalue weighted by atomic mass is 32.1. The van der Waals surface area contributed by atoms with Crippen LogP contribution in [0.5, 0.6) is 0 Å². The Morgan fingerprint density at radius 1 is 1.21 bits per heavy atom. The molecule has 0 amide bonds. The van der Waals surface area contributed by atoms with Crippen molar-refractivity contribution in [1.29, 1.82) is 0 Å². The van der Waals surface area contributed by atoms with Gasteiger partial charge >= 0.3 is 0 Å². The number of hydrogen-bond donors (Lipinski definition) is 0. The van der Waals surface area contributed by atoms with Crippen LogP contribution in [0.4, 0.5) is 0 Å². The summed E-state index contributed by atoms with van der Waals surface area (Å²) in [6, 6.07) is 4.15. The minimum absolute atomic E-state index is 0.973. The van der Waals surface area contributed by atoms with E-state index in [1.165, 1.54) is 10.4 Å². The maximum Gasteiger partial charge on any atom is 0.142 e. The van der Waals surface area contributed by atoms with Crippen molar-refractivity contribution in [2.24, 2.45) is 0 Å². The van der Waals surface area contributed by atoms with E-state index in [2.05, 4.69) is 29.9 Å². The molecule has 0 fully saturated rings. The van der Waals surface area contributed by atoms with Crippen molar-refractivity contribution in [2.45, 2.75) is 20.3 Å². The summed E-state index contributed by atoms with van der Waals surface area (Å²) in [4.78, 5) is 9.90. The number of thiazole rings is 1. The standard InChI is InChI=1S/C11H12N2S/c1-3-9-4-5-10(12-7-9)11-13-6-8(2)14-11/h4-7H,3H2,1-2H3. The molecule has 0 aliphatic carbocycles. The first kappa shape index (κ1) is 9.34. The van der Waals surface area contributed by atoms with Gasteiger partial charge in [0.1, 0.15) is 5.01 Å². The number of nitrogens with zero attached hydrogens (tertiary/aromatic N) is 2. The van der Waals surface area contributed by atoms with Crippen molar-refractivity contribution in [2.75, 3.05) is 0 Å². The van der Waals surface area contributed by atoms with Crippen molar-refractivity contribution in [1.82, 2.24) is 9.97 Å². The number of pyridine rings is 1. The van der Waals surface area contributed by atoms with Crippen LogP contribution < -0.4 is 0 Å². The van der Waals surface area contributed by atoms with Gasteiger partial charge in [-0.3, -0.25) is 4.98 Å². The fraction of sp³-hybridized carbons (Fsp3) is 0.273. The SMILES string of the molecule is CCc1ccc(-c2ncc(C)s2)nc1. The van der Waals surface area contributed by atoms with E-state index in [1.807, 2.05) is 18.5 Å². The molecule has 0 radical (unpaired) electrons. The lowest BCUT2D eigenvalue weighted by Gasteiger charge is -1.97. The van der Waals surface area contributed by atoms with E-state index in [9.17, 15) is 0 Å². The van der Waals surface area contributed by atoms with Crippen LogP contribution in [0.15, 0.2) is 24.5 Å². The van der Waals surface area contributed by atoms with Gasteiger partial charge in [0, 0.05) is 17.3 Å². The van der Waals surface area contributed by atoms with E-state index < -0.39 is 0 Å². The van der Waals surface area contributed by atoms with E-state index in [-0.39, 0.29) is 0 Å². The van der Waals surface area contributed by atoms with Gasteiger partial charge in [-0.15, -0.1) is 11.3 Å². The predicted octanol–water partition coefficient (Wildman–Crippen LogP) is 3.08. The maximum atomic E-state index is 4.38. The second kappa shape index (κ2) is 3.88. The van der Waals surface area contributed by atoms with E-state index in [0.717, 1.165) is 17.1 Å². The summed E-state index contributed by atoms with van der Waals surface area (Å²) in [6.07, 6.45) is 4.84. The second-order valence-electron chi connectivity index (χ2n) is 3.18. The number of aromatic nitrogens is 2. The first-order chi connectivity index (χ1) is 6.79. The van der Waals surface area contributed by atoms with Gasteiger partial charge in [-0.25, -0.2) is 4.98 Å². The van der Waals surface area contributed by atoms with Crippen molar-refractivity contribution in [3.05, 3.63) is 35.0 Å². The molecule has 2 nitrogen and oxygen atoms in total. The van der Waals surface area contributed by atoms with Gasteiger partial charge in [-0.2, -0.15) is 0 Å². The smallest absolute Gasteiger partial charge is 0.142 e. The molecular weight excluding hydrogens is 192 g/mol. The third-order valence-electron chi connectivity index (χ3n) is 2.07. The Hall–Kier alpha value is -1.22. The molecule has 14 heavy (non-hydrogen) atoms. The lowest BCUT2D eigenvalue weighted by Crippen LogP contribution is -1.85. The molecule has 0 N–H and O–H groups in total. The summed E-state index contributed by atoms with van der Waals surface area (Å²) < 4.78 is 0. The molecule has 0 unspecified atom stereocenters. The summed E-state index contributed by atoms with van der Waals surface area (Å²) >= 11 is 1.68. The molecule has 0 aliphatic rings. The molecule has 2 aromatic rings. The van der Waals surface area contributed by atoms with Gasteiger partial charge < -0.3 is 0 Å². The Balaban J connectivity index is 2.33. The minimum atomic E-state index is 0.973. The third-order valence-corrected chi connectivity index (χ3v) is 3.01. The van der Waals surface area contributed by atoms with E-state index in [4.69, 9.17) is 0 Å². The molecule has 0 aliphatic heterocycles. The van der Waals surface area contributed by atoms with Gasteiger partial charge in [-0.05, 0) is 25.0 Å². The molecule has 0 spiro atoms. The van der Waals surface area contributed by atoms with Crippen molar-refractivity contribution >= 4 is 11.3 Å². The van der Waals surface area contributed by atoms with Crippen LogP contribution in [-0.2, 0) is 6.42 Å². The van der Waals surface area contributed by atoms with Crippen LogP contribution in [0.2, 0.25) is 0 Å². The Morgan fingerprint density at radius 2 is 2.07 bits per heavy atom. The summed E-state index contributed by atoms with van der Waals surface area (Å²) in [5.41, 5.74) is 2.24. The van der Waals surface area contributed by atoms with Gasteiger partial charge in [0.05, 0.1) is 5.69 Å². The Labute approximate surface area is 87.7 Å². The topological polar surface area (TPSA) is 25.8 Å². The molecule has 2 rings (SSSR count). The monoisotopic (exact) mass is 204 g/mol. The van der Waals surface area contributed by atoms with Crippen LogP contribution in [0.1, 0.15) is 17.4 Å². The first-order valence-corrected chi connectivity index (χ1v) is 5.49. The Kier molecular flexibility index (Phi) is 2.59. The Morgan fingerprint density at radius 3 is 2.57 bits per heavy atom. The van der Waals surface area contributed by atoms with Gasteiger partial charge in [0.25, 0.3) is 0 Å². The third kappa shape index (κ3) is 1.82. The van der Waals surface area contributed by atoms with Gasteiger partial charge in [0.15, 0.2) is 0 Å². The highest BCUT2D eigenvalue weighted by Gasteiger charge is 2.02. The lowest BCUT2D eigenvalue weighted by atomic mass is 10.2. The molecule has 0 bridgehead atoms. The fourth-order valence-corrected chi connectivity index (χ4v) is 1.97. The zero-order chi connectivity index (χ0) is 9.97. The molecule has 72 valence electrons. The van der Waals surface area contributed by atoms with E-state index in [1.54, 1.807) is 11.3 Å². The first-order valence-electron chi connectivity index (χ1n) is 4.67. The summed E-state index contributed by atoms with van der Waals surface area (Å²) in [5.74, 6) is 0. The zero-order valence-electron chi connectivity index (χ0n) is 8.32. The van der Waals surface area contributed by atoms with Gasteiger partial charge in [-0.1, -0.05) is 13.0 Å². The number of aryl methyl sites for hydroxylation is 2. The number of rotatable bonds is 2. The zero-order valence-corrected chi connectivity index (χ0v) is 9.14. The average Bonchev–Trinajstić information content (AvgIpc) is 2.65. The van der Waals surface area contributed by atoms with Crippen LogP contribution in [0.3, 0.4) is 0 Å². The quantitative estimate of drug-likeness (QED) is 0.751. The largest absolute Gasteiger partial charge is 0.253 e. The average molecular weight is 204 g/mol. The summed E-state index contributed by atoms with van der Waals surface area (Å²) in [7, 11) is 0. The Bertz CT molecular complexity index is 417. The summed E-state index contributed by atoms with van der Waals surface area (Å²) in [6.45, 7) is 4.19. The maximum absolute atomic E-state index is 4.38. The molecule has 3 heteroatoms.